The fourth-order valence-corrected chi connectivity index (χ4v) is 5.38. The molecular formula is C12H16BrClN2O2S. The van der Waals surface area contributed by atoms with Gasteiger partial charge in [0.05, 0.1) is 0 Å². The van der Waals surface area contributed by atoms with Crippen LogP contribution in [0.25, 0.3) is 0 Å². The van der Waals surface area contributed by atoms with Gasteiger partial charge in [-0.3, -0.25) is 0 Å². The van der Waals surface area contributed by atoms with Gasteiger partial charge in [0.2, 0.25) is 10.0 Å². The molecule has 0 bridgehead atoms. The van der Waals surface area contributed by atoms with E-state index >= 15 is 0 Å². The molecule has 1 aliphatic heterocycles. The lowest BCUT2D eigenvalue weighted by atomic mass is 10.0. The Balaban J connectivity index is 2.49. The van der Waals surface area contributed by atoms with Crippen molar-refractivity contribution < 1.29 is 8.42 Å². The lowest BCUT2D eigenvalue weighted by molar-refractivity contribution is 0.204. The van der Waals surface area contributed by atoms with Crippen LogP contribution in [0.15, 0.2) is 21.6 Å². The number of sulfonamides is 1. The Hall–Kier alpha value is -0.170. The van der Waals surface area contributed by atoms with Crippen molar-refractivity contribution in [1.29, 1.82) is 0 Å². The highest BCUT2D eigenvalue weighted by molar-refractivity contribution is 9.10. The molecule has 0 radical (unpaired) electrons. The Labute approximate surface area is 127 Å². The fourth-order valence-electron chi connectivity index (χ4n) is 2.57. The third kappa shape index (κ3) is 2.96. The van der Waals surface area contributed by atoms with E-state index in [9.17, 15) is 8.42 Å². The molecule has 19 heavy (non-hydrogen) atoms. The zero-order valence-electron chi connectivity index (χ0n) is 10.8. The second-order valence-electron chi connectivity index (χ2n) is 4.91. The molecule has 0 aliphatic carbocycles. The average Bonchev–Trinajstić information content (AvgIpc) is 2.31. The number of aromatic nitrogens is 1. The first kappa shape index (κ1) is 15.2. The summed E-state index contributed by atoms with van der Waals surface area (Å²) in [5.74, 6) is 0. The number of pyridine rings is 1. The van der Waals surface area contributed by atoms with Gasteiger partial charge in [0.25, 0.3) is 0 Å². The summed E-state index contributed by atoms with van der Waals surface area (Å²) >= 11 is 9.20. The first-order chi connectivity index (χ1) is 8.84. The third-order valence-electron chi connectivity index (χ3n) is 3.44. The molecule has 1 aromatic rings. The molecule has 2 heterocycles. The Morgan fingerprint density at radius 3 is 2.53 bits per heavy atom. The maximum absolute atomic E-state index is 12.8. The molecular weight excluding hydrogens is 352 g/mol. The van der Waals surface area contributed by atoms with Crippen LogP contribution in [0.5, 0.6) is 0 Å². The number of halogens is 2. The summed E-state index contributed by atoms with van der Waals surface area (Å²) in [5, 5.41) is 0.0215. The predicted molar refractivity (Wildman–Crippen MR) is 78.7 cm³/mol. The molecule has 1 saturated heterocycles. The smallest absolute Gasteiger partial charge is 0.242 e. The van der Waals surface area contributed by atoms with Crippen LogP contribution < -0.4 is 0 Å². The van der Waals surface area contributed by atoms with Gasteiger partial charge in [0, 0.05) is 22.8 Å². The van der Waals surface area contributed by atoms with E-state index in [4.69, 9.17) is 11.6 Å². The summed E-state index contributed by atoms with van der Waals surface area (Å²) in [6.45, 7) is 3.87. The summed E-state index contributed by atoms with van der Waals surface area (Å²) in [7, 11) is -3.60. The van der Waals surface area contributed by atoms with Crippen molar-refractivity contribution >= 4 is 37.6 Å². The minimum Gasteiger partial charge on any atom is -0.242 e. The topological polar surface area (TPSA) is 50.3 Å². The summed E-state index contributed by atoms with van der Waals surface area (Å²) in [6.07, 6.45) is 4.30. The lowest BCUT2D eigenvalue weighted by Gasteiger charge is -2.37. The molecule has 4 nitrogen and oxygen atoms in total. The average molecular weight is 368 g/mol. The molecule has 0 aromatic carbocycles. The SMILES string of the molecule is CC1CCCC(C)N1S(=O)(=O)c1cc(Br)cnc1Cl. The van der Waals surface area contributed by atoms with E-state index < -0.39 is 10.0 Å². The molecule has 0 N–H and O–H groups in total. The van der Waals surface area contributed by atoms with E-state index in [0.717, 1.165) is 19.3 Å². The summed E-state index contributed by atoms with van der Waals surface area (Å²) in [5.41, 5.74) is 0. The van der Waals surface area contributed by atoms with Crippen LogP contribution in [0.2, 0.25) is 5.15 Å². The van der Waals surface area contributed by atoms with Crippen molar-refractivity contribution in [3.05, 3.63) is 21.9 Å². The van der Waals surface area contributed by atoms with E-state index in [1.807, 2.05) is 13.8 Å². The van der Waals surface area contributed by atoms with Gasteiger partial charge < -0.3 is 0 Å². The van der Waals surface area contributed by atoms with Gasteiger partial charge in [0.1, 0.15) is 10.0 Å². The summed E-state index contributed by atoms with van der Waals surface area (Å²) < 4.78 is 27.7. The largest absolute Gasteiger partial charge is 0.246 e. The molecule has 2 rings (SSSR count). The van der Waals surface area contributed by atoms with Crippen LogP contribution in [0.3, 0.4) is 0 Å². The van der Waals surface area contributed by atoms with Gasteiger partial charge in [-0.2, -0.15) is 4.31 Å². The van der Waals surface area contributed by atoms with Crippen LogP contribution in [-0.2, 0) is 10.0 Å². The summed E-state index contributed by atoms with van der Waals surface area (Å²) in [6, 6.07) is 1.49. The van der Waals surface area contributed by atoms with Gasteiger partial charge in [-0.25, -0.2) is 13.4 Å². The van der Waals surface area contributed by atoms with Crippen molar-refractivity contribution in [2.75, 3.05) is 0 Å². The molecule has 1 aromatic heterocycles. The number of nitrogens with zero attached hydrogens (tertiary/aromatic N) is 2. The zero-order chi connectivity index (χ0) is 14.2. The van der Waals surface area contributed by atoms with Crippen LogP contribution in [0, 0.1) is 0 Å². The van der Waals surface area contributed by atoms with Crippen LogP contribution in [-0.4, -0.2) is 29.8 Å². The quantitative estimate of drug-likeness (QED) is 0.752. The first-order valence-electron chi connectivity index (χ1n) is 6.18. The molecule has 106 valence electrons. The monoisotopic (exact) mass is 366 g/mol. The lowest BCUT2D eigenvalue weighted by Crippen LogP contribution is -2.47. The Morgan fingerprint density at radius 2 is 1.95 bits per heavy atom. The van der Waals surface area contributed by atoms with Gasteiger partial charge in [-0.15, -0.1) is 0 Å². The normalized spacial score (nSPS) is 25.5. The van der Waals surface area contributed by atoms with Crippen LogP contribution >= 0.6 is 27.5 Å². The standard InChI is InChI=1S/C12H16BrClN2O2S/c1-8-4-3-5-9(2)16(8)19(17,18)11-6-10(13)7-15-12(11)14/h6-9H,3-5H2,1-2H3. The van der Waals surface area contributed by atoms with Crippen molar-refractivity contribution in [3.8, 4) is 0 Å². The zero-order valence-corrected chi connectivity index (χ0v) is 14.0. The van der Waals surface area contributed by atoms with E-state index in [1.165, 1.54) is 12.3 Å². The predicted octanol–water partition coefficient (Wildman–Crippen LogP) is 3.45. The molecule has 1 aliphatic rings. The number of rotatable bonds is 2. The Bertz CT molecular complexity index is 569. The molecule has 0 spiro atoms. The molecule has 0 saturated carbocycles. The number of hydrogen-bond acceptors (Lipinski definition) is 3. The highest BCUT2D eigenvalue weighted by Crippen LogP contribution is 2.32. The van der Waals surface area contributed by atoms with E-state index in [0.29, 0.717) is 4.47 Å². The fraction of sp³-hybridized carbons (Fsp3) is 0.583. The molecule has 1 fully saturated rings. The second kappa shape index (κ2) is 5.68. The molecule has 0 amide bonds. The minimum absolute atomic E-state index is 0.0104. The maximum atomic E-state index is 12.8. The van der Waals surface area contributed by atoms with Crippen molar-refractivity contribution in [2.24, 2.45) is 0 Å². The Morgan fingerprint density at radius 1 is 1.37 bits per heavy atom. The van der Waals surface area contributed by atoms with Gasteiger partial charge in [-0.1, -0.05) is 18.0 Å². The van der Waals surface area contributed by atoms with Crippen LogP contribution in [0.4, 0.5) is 0 Å². The van der Waals surface area contributed by atoms with E-state index in [2.05, 4.69) is 20.9 Å². The van der Waals surface area contributed by atoms with E-state index in [1.54, 1.807) is 4.31 Å². The molecule has 2 unspecified atom stereocenters. The third-order valence-corrected chi connectivity index (χ3v) is 6.43. The van der Waals surface area contributed by atoms with Crippen molar-refractivity contribution in [2.45, 2.75) is 50.1 Å². The Kier molecular flexibility index (Phi) is 4.55. The van der Waals surface area contributed by atoms with Crippen molar-refractivity contribution in [3.63, 3.8) is 0 Å². The van der Waals surface area contributed by atoms with E-state index in [-0.39, 0.29) is 22.1 Å². The second-order valence-corrected chi connectivity index (χ2v) is 7.99. The first-order valence-corrected chi connectivity index (χ1v) is 8.79. The molecule has 2 atom stereocenters. The van der Waals surface area contributed by atoms with Gasteiger partial charge in [0.15, 0.2) is 0 Å². The highest BCUT2D eigenvalue weighted by atomic mass is 79.9. The number of hydrogen-bond donors (Lipinski definition) is 0. The number of piperidine rings is 1. The molecule has 7 heteroatoms. The maximum Gasteiger partial charge on any atom is 0.246 e. The summed E-state index contributed by atoms with van der Waals surface area (Å²) in [4.78, 5) is 3.98. The van der Waals surface area contributed by atoms with Gasteiger partial charge >= 0.3 is 0 Å². The minimum atomic E-state index is -3.60. The van der Waals surface area contributed by atoms with Crippen LogP contribution in [0.1, 0.15) is 33.1 Å². The highest BCUT2D eigenvalue weighted by Gasteiger charge is 2.37. The van der Waals surface area contributed by atoms with Crippen molar-refractivity contribution in [1.82, 2.24) is 9.29 Å². The van der Waals surface area contributed by atoms with Gasteiger partial charge in [-0.05, 0) is 48.7 Å².